The van der Waals surface area contributed by atoms with Crippen LogP contribution in [0.25, 0.3) is 21.8 Å². The quantitative estimate of drug-likeness (QED) is 0.621. The van der Waals surface area contributed by atoms with E-state index in [4.69, 9.17) is 0 Å². The van der Waals surface area contributed by atoms with Crippen molar-refractivity contribution in [1.29, 1.82) is 0 Å². The van der Waals surface area contributed by atoms with Gasteiger partial charge >= 0.3 is 0 Å². The van der Waals surface area contributed by atoms with Crippen molar-refractivity contribution in [1.82, 2.24) is 4.98 Å². The van der Waals surface area contributed by atoms with Crippen molar-refractivity contribution in [3.63, 3.8) is 0 Å². The molecule has 3 rings (SSSR count). The molecule has 3 aromatic rings. The summed E-state index contributed by atoms with van der Waals surface area (Å²) in [6.45, 7) is 8.14. The zero-order valence-corrected chi connectivity index (χ0v) is 10.9. The molecule has 2 aromatic carbocycles. The highest BCUT2D eigenvalue weighted by Crippen LogP contribution is 2.30. The van der Waals surface area contributed by atoms with Crippen molar-refractivity contribution in [3.8, 4) is 0 Å². The van der Waals surface area contributed by atoms with Crippen LogP contribution < -0.4 is 0 Å². The normalized spacial score (nSPS) is 11.2. The van der Waals surface area contributed by atoms with E-state index in [9.17, 15) is 0 Å². The maximum Gasteiger partial charge on any atom is 0.0494 e. The Labute approximate surface area is 107 Å². The lowest BCUT2D eigenvalue weighted by Gasteiger charge is -2.01. The van der Waals surface area contributed by atoms with Crippen LogP contribution in [0.3, 0.4) is 0 Å². The third-order valence-electron chi connectivity index (χ3n) is 3.59. The Morgan fingerprint density at radius 2 is 1.83 bits per heavy atom. The van der Waals surface area contributed by atoms with Crippen LogP contribution in [0.4, 0.5) is 0 Å². The Kier molecular flexibility index (Phi) is 2.48. The minimum absolute atomic E-state index is 0.926. The molecule has 0 bridgehead atoms. The second kappa shape index (κ2) is 4.02. The molecule has 0 fully saturated rings. The van der Waals surface area contributed by atoms with E-state index < -0.39 is 0 Å². The van der Waals surface area contributed by atoms with Gasteiger partial charge in [-0.3, -0.25) is 0 Å². The molecule has 18 heavy (non-hydrogen) atoms. The lowest BCUT2D eigenvalue weighted by Crippen LogP contribution is -1.84. The third kappa shape index (κ3) is 1.55. The molecule has 0 saturated heterocycles. The second-order valence-corrected chi connectivity index (χ2v) is 4.95. The van der Waals surface area contributed by atoms with Crippen molar-refractivity contribution in [2.75, 3.05) is 0 Å². The molecule has 0 aliphatic rings. The fraction of sp³-hybridized carbons (Fsp3) is 0.176. The Hall–Kier alpha value is -2.02. The minimum atomic E-state index is 0.926. The lowest BCUT2D eigenvalue weighted by molar-refractivity contribution is 1.27. The largest absolute Gasteiger partial charge is 0.354 e. The van der Waals surface area contributed by atoms with E-state index in [-0.39, 0.29) is 0 Å². The Morgan fingerprint density at radius 3 is 2.61 bits per heavy atom. The van der Waals surface area contributed by atoms with E-state index in [2.05, 4.69) is 55.7 Å². The van der Waals surface area contributed by atoms with Crippen LogP contribution >= 0.6 is 0 Å². The summed E-state index contributed by atoms with van der Waals surface area (Å²) < 4.78 is 0. The zero-order chi connectivity index (χ0) is 12.7. The maximum atomic E-state index is 3.82. The molecular weight excluding hydrogens is 218 g/mol. The van der Waals surface area contributed by atoms with Crippen LogP contribution in [0.15, 0.2) is 43.0 Å². The number of para-hydroxylation sites is 1. The highest BCUT2D eigenvalue weighted by atomic mass is 14.7. The minimum Gasteiger partial charge on any atom is -0.354 e. The molecular formula is C17H17N. The van der Waals surface area contributed by atoms with Crippen LogP contribution in [0.1, 0.15) is 16.7 Å². The number of nitrogens with one attached hydrogen (secondary N) is 1. The van der Waals surface area contributed by atoms with E-state index in [0.717, 1.165) is 6.42 Å². The summed E-state index contributed by atoms with van der Waals surface area (Å²) in [7, 11) is 0. The summed E-state index contributed by atoms with van der Waals surface area (Å²) in [5.41, 5.74) is 6.45. The maximum absolute atomic E-state index is 3.82. The van der Waals surface area contributed by atoms with Gasteiger partial charge in [-0.05, 0) is 43.0 Å². The third-order valence-corrected chi connectivity index (χ3v) is 3.59. The van der Waals surface area contributed by atoms with Gasteiger partial charge in [0, 0.05) is 21.8 Å². The molecule has 0 radical (unpaired) electrons. The zero-order valence-electron chi connectivity index (χ0n) is 10.9. The topological polar surface area (TPSA) is 15.8 Å². The van der Waals surface area contributed by atoms with Crippen molar-refractivity contribution in [2.45, 2.75) is 20.3 Å². The fourth-order valence-electron chi connectivity index (χ4n) is 2.71. The van der Waals surface area contributed by atoms with Crippen LogP contribution in [0, 0.1) is 13.8 Å². The van der Waals surface area contributed by atoms with E-state index in [0.29, 0.717) is 0 Å². The molecule has 0 aliphatic heterocycles. The molecule has 1 N–H and O–H groups in total. The lowest BCUT2D eigenvalue weighted by atomic mass is 10.0. The molecule has 1 heteroatoms. The summed E-state index contributed by atoms with van der Waals surface area (Å²) in [6.07, 6.45) is 2.88. The van der Waals surface area contributed by atoms with Gasteiger partial charge in [0.1, 0.15) is 0 Å². The number of hydrogen-bond donors (Lipinski definition) is 1. The molecule has 0 spiro atoms. The standard InChI is InChI=1S/C17H17N/c1-4-6-13-9-12(3)17-15(10-13)14-8-5-7-11(2)16(14)18-17/h4-5,7-10,18H,1,6H2,2-3H3. The number of allylic oxidation sites excluding steroid dienone is 1. The number of aryl methyl sites for hydroxylation is 2. The van der Waals surface area contributed by atoms with Gasteiger partial charge in [0.25, 0.3) is 0 Å². The Bertz CT molecular complexity index is 747. The average molecular weight is 235 g/mol. The molecule has 1 heterocycles. The van der Waals surface area contributed by atoms with Crippen LogP contribution in [0.2, 0.25) is 0 Å². The summed E-state index contributed by atoms with van der Waals surface area (Å²) in [5, 5.41) is 2.64. The summed E-state index contributed by atoms with van der Waals surface area (Å²) in [4.78, 5) is 3.56. The molecule has 0 amide bonds. The highest BCUT2D eigenvalue weighted by molar-refractivity contribution is 6.09. The molecule has 1 aromatic heterocycles. The van der Waals surface area contributed by atoms with Crippen molar-refractivity contribution in [3.05, 3.63) is 59.7 Å². The molecule has 90 valence electrons. The number of hydrogen-bond acceptors (Lipinski definition) is 0. The van der Waals surface area contributed by atoms with Crippen LogP contribution in [-0.4, -0.2) is 4.98 Å². The second-order valence-electron chi connectivity index (χ2n) is 4.95. The van der Waals surface area contributed by atoms with E-state index in [1.165, 1.54) is 38.5 Å². The smallest absolute Gasteiger partial charge is 0.0494 e. The van der Waals surface area contributed by atoms with E-state index in [1.54, 1.807) is 0 Å². The monoisotopic (exact) mass is 235 g/mol. The van der Waals surface area contributed by atoms with Gasteiger partial charge in [0.2, 0.25) is 0 Å². The fourth-order valence-corrected chi connectivity index (χ4v) is 2.71. The predicted octanol–water partition coefficient (Wildman–Crippen LogP) is 4.67. The molecule has 1 nitrogen and oxygen atoms in total. The van der Waals surface area contributed by atoms with Crippen molar-refractivity contribution >= 4 is 21.8 Å². The van der Waals surface area contributed by atoms with Crippen LogP contribution in [0.5, 0.6) is 0 Å². The predicted molar refractivity (Wildman–Crippen MR) is 79.2 cm³/mol. The van der Waals surface area contributed by atoms with Gasteiger partial charge in [-0.2, -0.15) is 0 Å². The first-order valence-corrected chi connectivity index (χ1v) is 6.32. The first-order chi connectivity index (χ1) is 8.70. The van der Waals surface area contributed by atoms with E-state index in [1.807, 2.05) is 6.08 Å². The van der Waals surface area contributed by atoms with Crippen molar-refractivity contribution < 1.29 is 0 Å². The SMILES string of the molecule is C=CCc1cc(C)c2[nH]c3c(C)cccc3c2c1. The Morgan fingerprint density at radius 1 is 1.06 bits per heavy atom. The van der Waals surface area contributed by atoms with E-state index >= 15 is 0 Å². The summed E-state index contributed by atoms with van der Waals surface area (Å²) in [6, 6.07) is 11.0. The number of fused-ring (bicyclic) bond motifs is 3. The van der Waals surface area contributed by atoms with Gasteiger partial charge in [0.05, 0.1) is 0 Å². The number of aromatic amines is 1. The first-order valence-electron chi connectivity index (χ1n) is 6.32. The van der Waals surface area contributed by atoms with Gasteiger partial charge in [-0.15, -0.1) is 6.58 Å². The number of rotatable bonds is 2. The molecule has 0 atom stereocenters. The Balaban J connectivity index is 2.44. The average Bonchev–Trinajstić information content (AvgIpc) is 2.71. The van der Waals surface area contributed by atoms with Gasteiger partial charge in [-0.25, -0.2) is 0 Å². The molecule has 0 saturated carbocycles. The molecule has 0 aliphatic carbocycles. The summed E-state index contributed by atoms with van der Waals surface area (Å²) in [5.74, 6) is 0. The summed E-state index contributed by atoms with van der Waals surface area (Å²) >= 11 is 0. The number of benzene rings is 2. The van der Waals surface area contributed by atoms with Crippen LogP contribution in [-0.2, 0) is 6.42 Å². The highest BCUT2D eigenvalue weighted by Gasteiger charge is 2.08. The van der Waals surface area contributed by atoms with Crippen molar-refractivity contribution in [2.24, 2.45) is 0 Å². The number of aromatic nitrogens is 1. The molecule has 0 unspecified atom stereocenters. The van der Waals surface area contributed by atoms with Gasteiger partial charge in [-0.1, -0.05) is 30.3 Å². The first kappa shape index (κ1) is 11.1. The van der Waals surface area contributed by atoms with Gasteiger partial charge < -0.3 is 4.98 Å². The van der Waals surface area contributed by atoms with Gasteiger partial charge in [0.15, 0.2) is 0 Å². The number of H-pyrrole nitrogens is 1.